The highest BCUT2D eigenvalue weighted by molar-refractivity contribution is 5.88. The molecule has 1 rings (SSSR count). The second-order valence-corrected chi connectivity index (χ2v) is 2.74. The molecule has 0 saturated carbocycles. The van der Waals surface area contributed by atoms with Crippen LogP contribution in [-0.4, -0.2) is 11.2 Å². The maximum atomic E-state index is 10.5. The number of carbonyl (C=O) groups is 1. The van der Waals surface area contributed by atoms with Crippen molar-refractivity contribution >= 4 is 5.97 Å². The predicted molar refractivity (Wildman–Crippen MR) is 55.1 cm³/mol. The Morgan fingerprint density at radius 3 is 2.07 bits per heavy atom. The molecule has 14 heavy (non-hydrogen) atoms. The van der Waals surface area contributed by atoms with Crippen LogP contribution in [0.15, 0.2) is 30.3 Å². The third kappa shape index (κ3) is 5.32. The van der Waals surface area contributed by atoms with E-state index >= 15 is 0 Å². The Hall–Kier alpha value is -1.35. The zero-order chi connectivity index (χ0) is 10.8. The van der Waals surface area contributed by atoms with Gasteiger partial charge in [0.05, 0.1) is 5.56 Å². The van der Waals surface area contributed by atoms with E-state index in [9.17, 15) is 4.79 Å². The summed E-state index contributed by atoms with van der Waals surface area (Å²) in [6.45, 7) is 4.36. The Kier molecular flexibility index (Phi) is 7.46. The molecule has 0 radical (unpaired) electrons. The summed E-state index contributed by atoms with van der Waals surface area (Å²) in [5.74, 6) is -0.736. The lowest BCUT2D eigenvalue weighted by atomic mass is 10.2. The van der Waals surface area contributed by atoms with Gasteiger partial charge in [-0.2, -0.15) is 5.26 Å². The summed E-state index contributed by atoms with van der Waals surface area (Å²) in [6, 6.07) is 8.25. The molecule has 78 valence electrons. The van der Waals surface area contributed by atoms with Gasteiger partial charge in [-0.05, 0) is 12.1 Å². The number of benzene rings is 1. The second-order valence-electron chi connectivity index (χ2n) is 2.74. The van der Waals surface area contributed by atoms with E-state index in [0.717, 1.165) is 0 Å². The fourth-order valence-electron chi connectivity index (χ4n) is 0.627. The van der Waals surface area contributed by atoms with Gasteiger partial charge in [0.15, 0.2) is 0 Å². The van der Waals surface area contributed by atoms with Gasteiger partial charge in [0.1, 0.15) is 0 Å². The Balaban J connectivity index is 0.000000364. The van der Waals surface area contributed by atoms with Gasteiger partial charge in [-0.25, -0.2) is 4.79 Å². The highest BCUT2D eigenvalue weighted by Crippen LogP contribution is 1.98. The van der Waals surface area contributed by atoms with Crippen LogP contribution in [0.25, 0.3) is 0 Å². The quantitative estimate of drug-likeness (QED) is 0.584. The summed E-state index contributed by atoms with van der Waals surface area (Å²) < 4.78 is 0. The Morgan fingerprint density at radius 2 is 1.71 bits per heavy atom. The molecule has 0 atom stereocenters. The number of carbonyl (C=O) groups excluding carboxylic acids is 1. The monoisotopic (exact) mass is 196 g/mol. The predicted octanol–water partition coefficient (Wildman–Crippen LogP) is 3.12. The van der Waals surface area contributed by atoms with Gasteiger partial charge in [-0.1, -0.05) is 44.9 Å². The molecular weight excluding hydrogens is 180 g/mol. The molecule has 0 aromatic heterocycles. The molecule has 0 amide bonds. The molecule has 0 aliphatic rings. The first-order chi connectivity index (χ1) is 6.76. The number of unbranched alkanes of at least 4 members (excludes halogenated alkanes) is 1. The molecule has 1 N–H and O–H groups in total. The molecular formula is C11H16O3. The van der Waals surface area contributed by atoms with Crippen LogP contribution >= 0.6 is 0 Å². The molecule has 0 aliphatic carbocycles. The van der Waals surface area contributed by atoms with Crippen molar-refractivity contribution in [3.63, 3.8) is 0 Å². The number of rotatable bonds is 2. The van der Waals surface area contributed by atoms with E-state index in [-0.39, 0.29) is 0 Å². The summed E-state index contributed by atoms with van der Waals surface area (Å²) in [4.78, 5) is 14.0. The molecule has 1 aromatic rings. The van der Waals surface area contributed by atoms with E-state index in [1.807, 2.05) is 0 Å². The minimum absolute atomic E-state index is 0.338. The minimum atomic E-state index is -0.736. The van der Waals surface area contributed by atoms with E-state index in [0.29, 0.717) is 5.56 Å². The van der Waals surface area contributed by atoms with Gasteiger partial charge in [-0.3, -0.25) is 4.89 Å². The molecule has 0 aliphatic heterocycles. The fraction of sp³-hybridized carbons (Fsp3) is 0.364. The zero-order valence-corrected chi connectivity index (χ0v) is 8.56. The van der Waals surface area contributed by atoms with Crippen LogP contribution in [-0.2, 0) is 4.89 Å². The third-order valence-corrected chi connectivity index (χ3v) is 1.59. The van der Waals surface area contributed by atoms with E-state index < -0.39 is 5.97 Å². The van der Waals surface area contributed by atoms with Crippen LogP contribution in [0.1, 0.15) is 37.0 Å². The van der Waals surface area contributed by atoms with Gasteiger partial charge in [-0.15, -0.1) is 0 Å². The van der Waals surface area contributed by atoms with Crippen LogP contribution < -0.4 is 0 Å². The van der Waals surface area contributed by atoms with Gasteiger partial charge in [0, 0.05) is 0 Å². The van der Waals surface area contributed by atoms with E-state index in [1.165, 1.54) is 12.8 Å². The van der Waals surface area contributed by atoms with Crippen molar-refractivity contribution in [2.75, 3.05) is 0 Å². The highest BCUT2D eigenvalue weighted by Gasteiger charge is 2.02. The lowest BCUT2D eigenvalue weighted by Crippen LogP contribution is -2.00. The molecule has 0 heterocycles. The molecule has 0 unspecified atom stereocenters. The Morgan fingerprint density at radius 1 is 1.21 bits per heavy atom. The van der Waals surface area contributed by atoms with Crippen molar-refractivity contribution in [3.05, 3.63) is 35.9 Å². The van der Waals surface area contributed by atoms with Gasteiger partial charge in [0.2, 0.25) is 0 Å². The third-order valence-electron chi connectivity index (χ3n) is 1.59. The standard InChI is InChI=1S/C7H6O3.C4H10/c8-7(10-9)6-4-2-1-3-5-6;1-3-4-2/h1-5,9H;3-4H2,1-2H3. The SMILES string of the molecule is CCCC.O=C(OO)c1ccccc1. The maximum Gasteiger partial charge on any atom is 0.372 e. The summed E-state index contributed by atoms with van der Waals surface area (Å²) in [5.41, 5.74) is 0.338. The summed E-state index contributed by atoms with van der Waals surface area (Å²) in [7, 11) is 0. The maximum absolute atomic E-state index is 10.5. The molecule has 0 fully saturated rings. The first-order valence-electron chi connectivity index (χ1n) is 4.67. The van der Waals surface area contributed by atoms with E-state index in [4.69, 9.17) is 5.26 Å². The summed E-state index contributed by atoms with van der Waals surface area (Å²) >= 11 is 0. The second kappa shape index (κ2) is 8.26. The lowest BCUT2D eigenvalue weighted by Gasteiger charge is -1.92. The molecule has 0 saturated heterocycles. The van der Waals surface area contributed by atoms with Crippen LogP contribution in [0.4, 0.5) is 0 Å². The molecule has 3 nitrogen and oxygen atoms in total. The Bertz CT molecular complexity index is 242. The van der Waals surface area contributed by atoms with Crippen molar-refractivity contribution in [1.29, 1.82) is 0 Å². The van der Waals surface area contributed by atoms with Crippen LogP contribution in [0, 0.1) is 0 Å². The largest absolute Gasteiger partial charge is 0.372 e. The van der Waals surface area contributed by atoms with Crippen molar-refractivity contribution in [2.45, 2.75) is 26.7 Å². The minimum Gasteiger partial charge on any atom is -0.296 e. The fourth-order valence-corrected chi connectivity index (χ4v) is 0.627. The Labute approximate surface area is 84.3 Å². The molecule has 0 spiro atoms. The number of hydrogen-bond acceptors (Lipinski definition) is 3. The first-order valence-corrected chi connectivity index (χ1v) is 4.67. The van der Waals surface area contributed by atoms with Crippen molar-refractivity contribution in [2.24, 2.45) is 0 Å². The van der Waals surface area contributed by atoms with Crippen molar-refractivity contribution in [3.8, 4) is 0 Å². The average Bonchev–Trinajstić information content (AvgIpc) is 2.29. The van der Waals surface area contributed by atoms with Crippen molar-refractivity contribution in [1.82, 2.24) is 0 Å². The molecule has 3 heteroatoms. The van der Waals surface area contributed by atoms with Crippen LogP contribution in [0.5, 0.6) is 0 Å². The first kappa shape index (κ1) is 12.7. The van der Waals surface area contributed by atoms with Gasteiger partial charge in [0.25, 0.3) is 0 Å². The summed E-state index contributed by atoms with van der Waals surface area (Å²) in [5, 5.41) is 7.94. The number of hydrogen-bond donors (Lipinski definition) is 1. The molecule has 0 bridgehead atoms. The highest BCUT2D eigenvalue weighted by atomic mass is 17.1. The van der Waals surface area contributed by atoms with Gasteiger partial charge >= 0.3 is 5.97 Å². The summed E-state index contributed by atoms with van der Waals surface area (Å²) in [6.07, 6.45) is 2.64. The van der Waals surface area contributed by atoms with Crippen molar-refractivity contribution < 1.29 is 14.9 Å². The smallest absolute Gasteiger partial charge is 0.296 e. The average molecular weight is 196 g/mol. The lowest BCUT2D eigenvalue weighted by molar-refractivity contribution is -0.182. The van der Waals surface area contributed by atoms with E-state index in [2.05, 4.69) is 18.7 Å². The normalized spacial score (nSPS) is 8.50. The zero-order valence-electron chi connectivity index (χ0n) is 8.56. The van der Waals surface area contributed by atoms with Crippen LogP contribution in [0.2, 0.25) is 0 Å². The van der Waals surface area contributed by atoms with Crippen LogP contribution in [0.3, 0.4) is 0 Å². The molecule has 1 aromatic carbocycles. The van der Waals surface area contributed by atoms with Gasteiger partial charge < -0.3 is 0 Å². The van der Waals surface area contributed by atoms with E-state index in [1.54, 1.807) is 30.3 Å². The topological polar surface area (TPSA) is 46.5 Å².